The van der Waals surface area contributed by atoms with Crippen LogP contribution in [0, 0.1) is 5.92 Å². The van der Waals surface area contributed by atoms with Crippen molar-refractivity contribution in [3.63, 3.8) is 0 Å². The van der Waals surface area contributed by atoms with Crippen molar-refractivity contribution in [1.29, 1.82) is 0 Å². The van der Waals surface area contributed by atoms with E-state index in [0.717, 1.165) is 17.9 Å². The molecule has 8 heteroatoms. The first-order valence-electron chi connectivity index (χ1n) is 5.09. The number of carbonyl (C=O) groups excluding carboxylic acids is 1. The maximum absolute atomic E-state index is 10.5. The van der Waals surface area contributed by atoms with Gasteiger partial charge in [0.2, 0.25) is 5.91 Å². The predicted molar refractivity (Wildman–Crippen MR) is 68.2 cm³/mol. The van der Waals surface area contributed by atoms with E-state index in [4.69, 9.17) is 10.8 Å². The maximum atomic E-state index is 10.5. The van der Waals surface area contributed by atoms with Crippen molar-refractivity contribution in [2.24, 2.45) is 11.7 Å². The Kier molecular flexibility index (Phi) is 8.88. The van der Waals surface area contributed by atoms with Gasteiger partial charge in [0, 0.05) is 24.8 Å². The first-order chi connectivity index (χ1) is 8.01. The number of nitrogens with two attached hydrogens (primary N) is 1. The molecule has 18 heavy (non-hydrogen) atoms. The van der Waals surface area contributed by atoms with E-state index < -0.39 is 21.8 Å². The molecule has 0 heterocycles. The van der Waals surface area contributed by atoms with Crippen molar-refractivity contribution in [2.75, 3.05) is 6.26 Å². The second kappa shape index (κ2) is 8.51. The van der Waals surface area contributed by atoms with E-state index in [0.29, 0.717) is 0 Å². The number of aliphatic carboxylic acids is 1. The van der Waals surface area contributed by atoms with Crippen LogP contribution in [-0.4, -0.2) is 37.7 Å². The first-order valence-corrected chi connectivity index (χ1v) is 7.05. The highest BCUT2D eigenvalue weighted by Gasteiger charge is 2.21. The van der Waals surface area contributed by atoms with Crippen LogP contribution in [0.2, 0.25) is 0 Å². The molecule has 1 amide bonds. The smallest absolute Gasteiger partial charge is 0.326 e. The third kappa shape index (κ3) is 12.5. The van der Waals surface area contributed by atoms with Gasteiger partial charge in [0.15, 0.2) is 9.84 Å². The summed E-state index contributed by atoms with van der Waals surface area (Å²) >= 11 is 0. The normalized spacial score (nSPS) is 12.7. The van der Waals surface area contributed by atoms with E-state index in [-0.39, 0.29) is 11.8 Å². The van der Waals surface area contributed by atoms with E-state index in [1.807, 2.05) is 0 Å². The van der Waals surface area contributed by atoms with E-state index >= 15 is 0 Å². The topological polar surface area (TPSA) is 127 Å². The molecule has 0 saturated carbocycles. The molecule has 0 aromatic heterocycles. The lowest BCUT2D eigenvalue weighted by atomic mass is 10.1. The largest absolute Gasteiger partial charge is 0.480 e. The number of sulfone groups is 1. The molecule has 0 aromatic carbocycles. The van der Waals surface area contributed by atoms with Crippen molar-refractivity contribution in [2.45, 2.75) is 26.8 Å². The molecule has 0 saturated heterocycles. The van der Waals surface area contributed by atoms with Crippen LogP contribution in [0.3, 0.4) is 0 Å². The third-order valence-corrected chi connectivity index (χ3v) is 2.27. The molecular weight excluding hydrogens is 260 g/mol. The van der Waals surface area contributed by atoms with E-state index in [1.54, 1.807) is 13.8 Å². The van der Waals surface area contributed by atoms with Gasteiger partial charge in [-0.15, -0.1) is 0 Å². The van der Waals surface area contributed by atoms with Gasteiger partial charge in [-0.2, -0.15) is 0 Å². The fourth-order valence-electron chi connectivity index (χ4n) is 0.875. The Bertz CT molecular complexity index is 400. The zero-order chi connectivity index (χ0) is 14.9. The van der Waals surface area contributed by atoms with Gasteiger partial charge in [-0.3, -0.25) is 4.79 Å². The number of carboxylic acid groups (broad SMARTS) is 1. The molecule has 0 aliphatic rings. The van der Waals surface area contributed by atoms with Gasteiger partial charge in [-0.1, -0.05) is 13.8 Å². The van der Waals surface area contributed by atoms with Crippen LogP contribution in [-0.2, 0) is 19.4 Å². The van der Waals surface area contributed by atoms with Crippen molar-refractivity contribution >= 4 is 21.7 Å². The Balaban J connectivity index is 0. The van der Waals surface area contributed by atoms with E-state index in [1.165, 1.54) is 6.92 Å². The minimum absolute atomic E-state index is 0.0867. The average molecular weight is 280 g/mol. The summed E-state index contributed by atoms with van der Waals surface area (Å²) < 4.78 is 20.1. The summed E-state index contributed by atoms with van der Waals surface area (Å²) in [5, 5.41) is 11.9. The molecule has 0 bridgehead atoms. The summed E-state index contributed by atoms with van der Waals surface area (Å²) in [6.45, 7) is 4.79. The van der Waals surface area contributed by atoms with Gasteiger partial charge < -0.3 is 16.2 Å². The molecule has 0 rings (SSSR count). The lowest BCUT2D eigenvalue weighted by molar-refractivity contribution is -0.142. The van der Waals surface area contributed by atoms with Gasteiger partial charge in [-0.05, 0) is 5.92 Å². The molecule has 0 aromatic rings. The molecule has 7 nitrogen and oxygen atoms in total. The van der Waals surface area contributed by atoms with Crippen LogP contribution >= 0.6 is 0 Å². The summed E-state index contributed by atoms with van der Waals surface area (Å²) in [5.74, 6) is -1.39. The van der Waals surface area contributed by atoms with Crippen LogP contribution in [0.4, 0.5) is 0 Å². The molecule has 106 valence electrons. The number of hydrogen-bond donors (Lipinski definition) is 3. The Hall–Kier alpha value is -1.57. The summed E-state index contributed by atoms with van der Waals surface area (Å²) in [7, 11) is -2.98. The minimum atomic E-state index is -2.98. The average Bonchev–Trinajstić information content (AvgIpc) is 2.11. The van der Waals surface area contributed by atoms with Gasteiger partial charge in [0.25, 0.3) is 0 Å². The van der Waals surface area contributed by atoms with Crippen LogP contribution in [0.1, 0.15) is 20.8 Å². The molecular formula is C10H20N2O5S. The zero-order valence-corrected chi connectivity index (χ0v) is 11.7. The predicted octanol–water partition coefficient (Wildman–Crippen LogP) is -0.307. The van der Waals surface area contributed by atoms with Gasteiger partial charge in [0.05, 0.1) is 0 Å². The Morgan fingerprint density at radius 1 is 1.33 bits per heavy atom. The lowest BCUT2D eigenvalue weighted by Gasteiger charge is -2.16. The fourth-order valence-corrected chi connectivity index (χ4v) is 1.16. The Labute approximate surface area is 107 Å². The molecule has 0 radical (unpaired) electrons. The lowest BCUT2D eigenvalue weighted by Crippen LogP contribution is -2.43. The summed E-state index contributed by atoms with van der Waals surface area (Å²) in [6.07, 6.45) is 2.08. The van der Waals surface area contributed by atoms with Crippen molar-refractivity contribution in [3.8, 4) is 0 Å². The summed E-state index contributed by atoms with van der Waals surface area (Å²) in [5.41, 5.74) is 4.75. The third-order valence-electron chi connectivity index (χ3n) is 1.62. The number of rotatable bonds is 4. The maximum Gasteiger partial charge on any atom is 0.326 e. The van der Waals surface area contributed by atoms with Crippen LogP contribution in [0.15, 0.2) is 11.6 Å². The van der Waals surface area contributed by atoms with Crippen LogP contribution < -0.4 is 11.1 Å². The standard InChI is InChI=1S/C7H13NO3.C3H7NO2S/c1-4(2)6(7(10)11)8-5(3)9;1-7(5,6)3-2-4/h4,6H,1-3H3,(H,8,9)(H,10,11);2-3H,4H2,1H3/t6-;/m0./s1. The van der Waals surface area contributed by atoms with Crippen LogP contribution in [0.25, 0.3) is 0 Å². The molecule has 0 fully saturated rings. The highest BCUT2D eigenvalue weighted by Crippen LogP contribution is 2.00. The van der Waals surface area contributed by atoms with E-state index in [2.05, 4.69) is 5.32 Å². The quantitative estimate of drug-likeness (QED) is 0.648. The van der Waals surface area contributed by atoms with Crippen molar-refractivity contribution < 1.29 is 23.1 Å². The second-order valence-corrected chi connectivity index (χ2v) is 5.85. The molecule has 0 aliphatic carbocycles. The monoisotopic (exact) mass is 280 g/mol. The number of carboxylic acids is 1. The SMILES string of the molecule is CC(=O)N[C@H](C(=O)O)C(C)C.CS(=O)(=O)C=CN. The number of amides is 1. The van der Waals surface area contributed by atoms with Gasteiger partial charge in [0.1, 0.15) is 6.04 Å². The molecule has 0 spiro atoms. The summed E-state index contributed by atoms with van der Waals surface area (Å²) in [4.78, 5) is 21.0. The first kappa shape index (κ1) is 18.8. The summed E-state index contributed by atoms with van der Waals surface area (Å²) in [6, 6.07) is -0.771. The Morgan fingerprint density at radius 3 is 1.83 bits per heavy atom. The number of hydrogen-bond acceptors (Lipinski definition) is 5. The van der Waals surface area contributed by atoms with Crippen molar-refractivity contribution in [1.82, 2.24) is 5.32 Å². The van der Waals surface area contributed by atoms with Crippen LogP contribution in [0.5, 0.6) is 0 Å². The molecule has 0 unspecified atom stereocenters. The number of carbonyl (C=O) groups is 2. The molecule has 4 N–H and O–H groups in total. The second-order valence-electron chi connectivity index (χ2n) is 3.92. The zero-order valence-electron chi connectivity index (χ0n) is 10.9. The van der Waals surface area contributed by atoms with Crippen molar-refractivity contribution in [3.05, 3.63) is 11.6 Å². The molecule has 0 aliphatic heterocycles. The highest BCUT2D eigenvalue weighted by molar-refractivity contribution is 7.93. The van der Waals surface area contributed by atoms with Gasteiger partial charge in [-0.25, -0.2) is 13.2 Å². The number of nitrogens with one attached hydrogen (secondary N) is 1. The van der Waals surface area contributed by atoms with E-state index in [9.17, 15) is 18.0 Å². The minimum Gasteiger partial charge on any atom is -0.480 e. The fraction of sp³-hybridized carbons (Fsp3) is 0.600. The molecule has 1 atom stereocenters. The highest BCUT2D eigenvalue weighted by atomic mass is 32.2. The Morgan fingerprint density at radius 2 is 1.78 bits per heavy atom. The van der Waals surface area contributed by atoms with Gasteiger partial charge >= 0.3 is 5.97 Å².